The smallest absolute Gasteiger partial charge is 0.347 e. The van der Waals surface area contributed by atoms with Crippen molar-refractivity contribution < 1.29 is 23.8 Å². The molecule has 4 rings (SSSR count). The molecule has 2 aromatic carbocycles. The first-order valence-electron chi connectivity index (χ1n) is 10.7. The molecular weight excluding hydrogens is 442 g/mol. The summed E-state index contributed by atoms with van der Waals surface area (Å²) in [5.74, 6) is -1.14. The molecule has 1 aliphatic rings. The van der Waals surface area contributed by atoms with Crippen molar-refractivity contribution in [1.29, 1.82) is 0 Å². The van der Waals surface area contributed by atoms with E-state index in [4.69, 9.17) is 14.2 Å². The fourth-order valence-electron chi connectivity index (χ4n) is 3.52. The maximum absolute atomic E-state index is 12.7. The molecule has 10 nitrogen and oxygen atoms in total. The second-order valence-corrected chi connectivity index (χ2v) is 8.02. The lowest BCUT2D eigenvalue weighted by atomic mass is 10.1. The Morgan fingerprint density at radius 1 is 1.00 bits per heavy atom. The Balaban J connectivity index is 1.51. The summed E-state index contributed by atoms with van der Waals surface area (Å²) < 4.78 is 17.9. The number of hydrogen-bond donors (Lipinski definition) is 1. The molecule has 1 fully saturated rings. The Morgan fingerprint density at radius 2 is 1.59 bits per heavy atom. The van der Waals surface area contributed by atoms with E-state index in [0.717, 1.165) is 22.0 Å². The van der Waals surface area contributed by atoms with Crippen molar-refractivity contribution >= 4 is 11.9 Å². The topological polar surface area (TPSA) is 130 Å². The molecule has 2 heterocycles. The molecule has 0 bridgehead atoms. The second-order valence-electron chi connectivity index (χ2n) is 8.02. The summed E-state index contributed by atoms with van der Waals surface area (Å²) in [6.07, 6.45) is -1.59. The van der Waals surface area contributed by atoms with Crippen LogP contribution in [0.15, 0.2) is 64.3 Å². The number of benzene rings is 2. The monoisotopic (exact) mass is 465 g/mol. The standard InChI is InChI=1S/C24H23N3O7/c1-14-3-7-16(8-4-14)22(29)32-13-19-18(34-23(30)17-9-5-15(2)6-10-17)11-21(33-19)27-24(31)26-20(28)12-25-27/h3-10,12,18-19,21H,11,13H2,1-2H3,(H,26,28,31)/t18-,19+,21+/m0/s1. The molecular formula is C24H23N3O7. The van der Waals surface area contributed by atoms with Crippen LogP contribution in [-0.2, 0) is 14.2 Å². The summed E-state index contributed by atoms with van der Waals surface area (Å²) in [5, 5.41) is 3.81. The molecule has 0 unspecified atom stereocenters. The van der Waals surface area contributed by atoms with Gasteiger partial charge >= 0.3 is 17.6 Å². The number of carbonyl (C=O) groups excluding carboxylic acids is 2. The molecule has 0 radical (unpaired) electrons. The zero-order valence-corrected chi connectivity index (χ0v) is 18.6. The number of hydrogen-bond acceptors (Lipinski definition) is 8. The van der Waals surface area contributed by atoms with Crippen LogP contribution in [0.2, 0.25) is 0 Å². The van der Waals surface area contributed by atoms with E-state index >= 15 is 0 Å². The molecule has 1 aromatic heterocycles. The molecule has 1 saturated heterocycles. The van der Waals surface area contributed by atoms with Crippen LogP contribution in [0.4, 0.5) is 0 Å². The van der Waals surface area contributed by atoms with E-state index in [1.807, 2.05) is 13.8 Å². The van der Waals surface area contributed by atoms with E-state index in [0.29, 0.717) is 11.1 Å². The number of carbonyl (C=O) groups is 2. The van der Waals surface area contributed by atoms with Gasteiger partial charge < -0.3 is 14.2 Å². The van der Waals surface area contributed by atoms with Gasteiger partial charge in [-0.1, -0.05) is 35.4 Å². The van der Waals surface area contributed by atoms with Gasteiger partial charge in [0.05, 0.1) is 11.1 Å². The predicted octanol–water partition coefficient (Wildman–Crippen LogP) is 1.92. The Bertz CT molecular complexity index is 1300. The maximum Gasteiger partial charge on any atom is 0.347 e. The van der Waals surface area contributed by atoms with Crippen molar-refractivity contribution in [2.24, 2.45) is 0 Å². The summed E-state index contributed by atoms with van der Waals surface area (Å²) in [6, 6.07) is 13.7. The van der Waals surface area contributed by atoms with E-state index in [1.165, 1.54) is 0 Å². The molecule has 0 spiro atoms. The number of aromatic amines is 1. The summed E-state index contributed by atoms with van der Waals surface area (Å²) in [4.78, 5) is 50.8. The number of nitrogens with one attached hydrogen (secondary N) is 1. The summed E-state index contributed by atoms with van der Waals surface area (Å²) in [6.45, 7) is 3.59. The molecule has 3 aromatic rings. The molecule has 176 valence electrons. The average molecular weight is 465 g/mol. The SMILES string of the molecule is Cc1ccc(C(=O)OC[C@H]2O[C@@H](n3ncc(=O)[nH]c3=O)C[C@@H]2OC(=O)c2ccc(C)cc2)cc1. The minimum atomic E-state index is -0.928. The van der Waals surface area contributed by atoms with Gasteiger partial charge in [0.1, 0.15) is 25.0 Å². The van der Waals surface area contributed by atoms with Crippen LogP contribution in [0.5, 0.6) is 0 Å². The molecule has 0 aliphatic carbocycles. The van der Waals surface area contributed by atoms with Gasteiger partial charge in [-0.15, -0.1) is 0 Å². The molecule has 34 heavy (non-hydrogen) atoms. The predicted molar refractivity (Wildman–Crippen MR) is 119 cm³/mol. The Labute approximate surface area is 194 Å². The summed E-state index contributed by atoms with van der Waals surface area (Å²) in [5.41, 5.74) is 1.30. The largest absolute Gasteiger partial charge is 0.459 e. The molecule has 1 N–H and O–H groups in total. The molecule has 10 heteroatoms. The maximum atomic E-state index is 12.7. The third-order valence-electron chi connectivity index (χ3n) is 5.40. The number of aryl methyl sites for hydroxylation is 2. The lowest BCUT2D eigenvalue weighted by Gasteiger charge is -2.19. The van der Waals surface area contributed by atoms with Crippen molar-refractivity contribution in [3.63, 3.8) is 0 Å². The van der Waals surface area contributed by atoms with Gasteiger partial charge in [-0.3, -0.25) is 9.78 Å². The first-order valence-corrected chi connectivity index (χ1v) is 10.7. The van der Waals surface area contributed by atoms with Gasteiger partial charge in [0, 0.05) is 6.42 Å². The fourth-order valence-corrected chi connectivity index (χ4v) is 3.52. The third-order valence-corrected chi connectivity index (χ3v) is 5.40. The number of esters is 2. The molecule has 1 aliphatic heterocycles. The zero-order chi connectivity index (χ0) is 24.2. The van der Waals surface area contributed by atoms with E-state index in [-0.39, 0.29) is 13.0 Å². The molecule has 3 atom stereocenters. The highest BCUT2D eigenvalue weighted by Crippen LogP contribution is 2.30. The van der Waals surface area contributed by atoms with Crippen molar-refractivity contribution in [2.45, 2.75) is 38.7 Å². The van der Waals surface area contributed by atoms with E-state index in [2.05, 4.69) is 10.1 Å². The summed E-state index contributed by atoms with van der Waals surface area (Å²) in [7, 11) is 0. The zero-order valence-electron chi connectivity index (χ0n) is 18.6. The molecule has 0 amide bonds. The van der Waals surface area contributed by atoms with Crippen molar-refractivity contribution in [3.8, 4) is 0 Å². The Morgan fingerprint density at radius 3 is 2.18 bits per heavy atom. The number of nitrogens with zero attached hydrogens (tertiary/aromatic N) is 2. The molecule has 0 saturated carbocycles. The second kappa shape index (κ2) is 9.84. The highest BCUT2D eigenvalue weighted by atomic mass is 16.6. The first kappa shape index (κ1) is 23.1. The Hall–Kier alpha value is -4.05. The van der Waals surface area contributed by atoms with Crippen LogP contribution in [-0.4, -0.2) is 45.5 Å². The van der Waals surface area contributed by atoms with Crippen LogP contribution in [0.3, 0.4) is 0 Å². The van der Waals surface area contributed by atoms with Gasteiger partial charge in [0.15, 0.2) is 6.23 Å². The number of aromatic nitrogens is 3. The van der Waals surface area contributed by atoms with Crippen molar-refractivity contribution in [2.75, 3.05) is 6.61 Å². The van der Waals surface area contributed by atoms with E-state index < -0.39 is 41.6 Å². The number of H-pyrrole nitrogens is 1. The minimum Gasteiger partial charge on any atom is -0.459 e. The minimum absolute atomic E-state index is 0.0727. The van der Waals surface area contributed by atoms with Gasteiger partial charge in [-0.25, -0.2) is 14.4 Å². The van der Waals surface area contributed by atoms with Crippen molar-refractivity contribution in [1.82, 2.24) is 14.8 Å². The Kier molecular flexibility index (Phi) is 6.69. The van der Waals surface area contributed by atoms with Crippen LogP contribution in [0.25, 0.3) is 0 Å². The van der Waals surface area contributed by atoms with Crippen molar-refractivity contribution in [3.05, 3.63) is 97.8 Å². The first-order chi connectivity index (χ1) is 16.3. The van der Waals surface area contributed by atoms with Crippen LogP contribution in [0, 0.1) is 13.8 Å². The normalized spacial score (nSPS) is 19.5. The van der Waals surface area contributed by atoms with Gasteiger partial charge in [0.25, 0.3) is 5.56 Å². The quantitative estimate of drug-likeness (QED) is 0.547. The highest BCUT2D eigenvalue weighted by molar-refractivity contribution is 5.90. The number of ether oxygens (including phenoxy) is 3. The lowest BCUT2D eigenvalue weighted by Crippen LogP contribution is -2.34. The van der Waals surface area contributed by atoms with Crippen LogP contribution < -0.4 is 11.2 Å². The third kappa shape index (κ3) is 5.29. The van der Waals surface area contributed by atoms with Gasteiger partial charge in [0.2, 0.25) is 0 Å². The van der Waals surface area contributed by atoms with Gasteiger partial charge in [-0.05, 0) is 38.1 Å². The summed E-state index contributed by atoms with van der Waals surface area (Å²) >= 11 is 0. The highest BCUT2D eigenvalue weighted by Gasteiger charge is 2.41. The van der Waals surface area contributed by atoms with Crippen LogP contribution in [0.1, 0.15) is 44.5 Å². The fraction of sp³-hybridized carbons (Fsp3) is 0.292. The van der Waals surface area contributed by atoms with E-state index in [9.17, 15) is 19.2 Å². The number of rotatable bonds is 6. The lowest BCUT2D eigenvalue weighted by molar-refractivity contribution is -0.0616. The van der Waals surface area contributed by atoms with Gasteiger partial charge in [-0.2, -0.15) is 9.78 Å². The average Bonchev–Trinajstić information content (AvgIpc) is 3.20. The van der Waals surface area contributed by atoms with Crippen LogP contribution >= 0.6 is 0 Å². The van der Waals surface area contributed by atoms with E-state index in [1.54, 1.807) is 48.5 Å².